The summed E-state index contributed by atoms with van der Waals surface area (Å²) < 4.78 is 1.82. The molecule has 118 valence electrons. The van der Waals surface area contributed by atoms with Crippen molar-refractivity contribution in [2.45, 2.75) is 26.8 Å². The van der Waals surface area contributed by atoms with E-state index in [1.807, 2.05) is 42.9 Å². The van der Waals surface area contributed by atoms with E-state index >= 15 is 0 Å². The van der Waals surface area contributed by atoms with Gasteiger partial charge in [0.15, 0.2) is 0 Å². The van der Waals surface area contributed by atoms with Crippen LogP contribution in [0.5, 0.6) is 0 Å². The molecule has 0 amide bonds. The number of halogens is 1. The van der Waals surface area contributed by atoms with Crippen LogP contribution >= 0.6 is 11.6 Å². The number of hydrogen-bond donors (Lipinski definition) is 1. The highest BCUT2D eigenvalue weighted by atomic mass is 35.5. The van der Waals surface area contributed by atoms with Crippen LogP contribution in [0.25, 0.3) is 11.3 Å². The van der Waals surface area contributed by atoms with Crippen LogP contribution in [0.1, 0.15) is 29.9 Å². The van der Waals surface area contributed by atoms with Gasteiger partial charge in [0.1, 0.15) is 5.82 Å². The number of nitrogens with one attached hydrogen (secondary N) is 1. The van der Waals surface area contributed by atoms with Gasteiger partial charge in [-0.3, -0.25) is 9.48 Å². The lowest BCUT2D eigenvalue weighted by Crippen LogP contribution is -2.09. The molecule has 5 nitrogen and oxygen atoms in total. The average molecular weight is 329 g/mol. The summed E-state index contributed by atoms with van der Waals surface area (Å²) >= 11 is 6.34. The lowest BCUT2D eigenvalue weighted by molar-refractivity contribution is 0.565. The van der Waals surface area contributed by atoms with Gasteiger partial charge in [0.2, 0.25) is 0 Å². The number of nitrogens with zero attached hydrogens (tertiary/aromatic N) is 3. The van der Waals surface area contributed by atoms with E-state index in [4.69, 9.17) is 11.6 Å². The molecular formula is C17H17ClN4O. The van der Waals surface area contributed by atoms with Crippen LogP contribution in [0.3, 0.4) is 0 Å². The van der Waals surface area contributed by atoms with Crippen molar-refractivity contribution in [1.29, 1.82) is 0 Å². The largest absolute Gasteiger partial charge is 0.311 e. The molecular weight excluding hydrogens is 312 g/mol. The first kappa shape index (κ1) is 15.5. The minimum absolute atomic E-state index is 0.0139. The fourth-order valence-corrected chi connectivity index (χ4v) is 2.92. The lowest BCUT2D eigenvalue weighted by atomic mass is 10.1. The second-order valence-electron chi connectivity index (χ2n) is 5.63. The summed E-state index contributed by atoms with van der Waals surface area (Å²) in [7, 11) is 0. The van der Waals surface area contributed by atoms with Crippen molar-refractivity contribution in [2.75, 3.05) is 0 Å². The van der Waals surface area contributed by atoms with Crippen LogP contribution in [0.15, 0.2) is 41.5 Å². The lowest BCUT2D eigenvalue weighted by Gasteiger charge is -2.14. The minimum atomic E-state index is -0.171. The predicted octanol–water partition coefficient (Wildman–Crippen LogP) is 3.51. The summed E-state index contributed by atoms with van der Waals surface area (Å²) in [6, 6.07) is 7.44. The quantitative estimate of drug-likeness (QED) is 0.800. The van der Waals surface area contributed by atoms with Gasteiger partial charge in [-0.15, -0.1) is 0 Å². The van der Waals surface area contributed by atoms with Crippen molar-refractivity contribution in [1.82, 2.24) is 19.7 Å². The Morgan fingerprint density at radius 2 is 2.04 bits per heavy atom. The van der Waals surface area contributed by atoms with Crippen molar-refractivity contribution in [3.63, 3.8) is 0 Å². The van der Waals surface area contributed by atoms with Gasteiger partial charge in [-0.2, -0.15) is 5.10 Å². The van der Waals surface area contributed by atoms with Crippen molar-refractivity contribution >= 4 is 11.6 Å². The third kappa shape index (κ3) is 3.19. The number of hydrogen-bond acceptors (Lipinski definition) is 3. The summed E-state index contributed by atoms with van der Waals surface area (Å²) in [6.45, 7) is 5.79. The molecule has 0 aliphatic heterocycles. The first-order valence-electron chi connectivity index (χ1n) is 7.32. The van der Waals surface area contributed by atoms with E-state index in [-0.39, 0.29) is 11.6 Å². The standard InChI is InChI=1S/C17H17ClN4O/c1-10-4-5-14(15(18)6-10)11(2)22-9-13(8-19-22)16-7-17(23)21-12(3)20-16/h4-9,11H,1-3H3,(H,20,21,23)/t11-/m0/s1. The Morgan fingerprint density at radius 1 is 1.26 bits per heavy atom. The molecule has 0 aliphatic carbocycles. The highest BCUT2D eigenvalue weighted by Gasteiger charge is 2.14. The van der Waals surface area contributed by atoms with Gasteiger partial charge in [-0.25, -0.2) is 4.98 Å². The average Bonchev–Trinajstić information content (AvgIpc) is 2.95. The third-order valence-electron chi connectivity index (χ3n) is 3.76. The molecule has 23 heavy (non-hydrogen) atoms. The molecule has 2 heterocycles. The Morgan fingerprint density at radius 3 is 2.74 bits per heavy atom. The summed E-state index contributed by atoms with van der Waals surface area (Å²) in [6.07, 6.45) is 3.59. The maximum Gasteiger partial charge on any atom is 0.251 e. The Kier molecular flexibility index (Phi) is 4.05. The van der Waals surface area contributed by atoms with Gasteiger partial charge in [0.25, 0.3) is 5.56 Å². The molecule has 0 unspecified atom stereocenters. The second-order valence-corrected chi connectivity index (χ2v) is 6.03. The van der Waals surface area contributed by atoms with E-state index in [2.05, 4.69) is 15.1 Å². The number of benzene rings is 1. The van der Waals surface area contributed by atoms with Gasteiger partial charge in [0.05, 0.1) is 17.9 Å². The highest BCUT2D eigenvalue weighted by molar-refractivity contribution is 6.31. The van der Waals surface area contributed by atoms with E-state index in [9.17, 15) is 4.79 Å². The van der Waals surface area contributed by atoms with Crippen molar-refractivity contribution in [2.24, 2.45) is 0 Å². The fourth-order valence-electron chi connectivity index (χ4n) is 2.52. The van der Waals surface area contributed by atoms with Gasteiger partial charge in [0, 0.05) is 22.8 Å². The topological polar surface area (TPSA) is 63.6 Å². The number of rotatable bonds is 3. The Hall–Kier alpha value is -2.40. The number of aromatic nitrogens is 4. The van der Waals surface area contributed by atoms with E-state index in [0.29, 0.717) is 11.5 Å². The molecule has 0 radical (unpaired) electrons. The first-order valence-corrected chi connectivity index (χ1v) is 7.70. The maximum absolute atomic E-state index is 11.6. The fraction of sp³-hybridized carbons (Fsp3) is 0.235. The molecule has 1 N–H and O–H groups in total. The van der Waals surface area contributed by atoms with Crippen LogP contribution in [0, 0.1) is 13.8 Å². The van der Waals surface area contributed by atoms with Gasteiger partial charge in [-0.1, -0.05) is 23.7 Å². The summed E-state index contributed by atoms with van der Waals surface area (Å²) in [4.78, 5) is 18.6. The van der Waals surface area contributed by atoms with E-state index in [1.54, 1.807) is 13.1 Å². The van der Waals surface area contributed by atoms with Crippen LogP contribution in [0.4, 0.5) is 0 Å². The Bertz CT molecular complexity index is 913. The zero-order valence-corrected chi connectivity index (χ0v) is 13.9. The zero-order valence-electron chi connectivity index (χ0n) is 13.2. The molecule has 6 heteroatoms. The van der Waals surface area contributed by atoms with Crippen molar-refractivity contribution in [3.05, 3.63) is 69.0 Å². The van der Waals surface area contributed by atoms with Crippen molar-refractivity contribution < 1.29 is 0 Å². The summed E-state index contributed by atoms with van der Waals surface area (Å²) in [5.41, 5.74) is 3.36. The molecule has 3 rings (SSSR count). The van der Waals surface area contributed by atoms with Gasteiger partial charge >= 0.3 is 0 Å². The maximum atomic E-state index is 11.6. The molecule has 0 aliphatic rings. The molecule has 3 aromatic rings. The smallest absolute Gasteiger partial charge is 0.251 e. The molecule has 1 aromatic carbocycles. The monoisotopic (exact) mass is 328 g/mol. The zero-order chi connectivity index (χ0) is 16.6. The molecule has 0 bridgehead atoms. The van der Waals surface area contributed by atoms with Gasteiger partial charge in [-0.05, 0) is 38.0 Å². The van der Waals surface area contributed by atoms with Crippen LogP contribution in [-0.4, -0.2) is 19.7 Å². The van der Waals surface area contributed by atoms with Crippen LogP contribution in [-0.2, 0) is 0 Å². The highest BCUT2D eigenvalue weighted by Crippen LogP contribution is 2.27. The minimum Gasteiger partial charge on any atom is -0.311 e. The SMILES string of the molecule is Cc1ccc([C@H](C)n2cc(-c3cc(=O)[nH]c(C)n3)cn2)c(Cl)c1. The molecule has 0 fully saturated rings. The second kappa shape index (κ2) is 6.01. The summed E-state index contributed by atoms with van der Waals surface area (Å²) in [5.74, 6) is 0.579. The van der Waals surface area contributed by atoms with Crippen LogP contribution in [0.2, 0.25) is 5.02 Å². The van der Waals surface area contributed by atoms with E-state index < -0.39 is 0 Å². The molecule has 0 spiro atoms. The van der Waals surface area contributed by atoms with Crippen LogP contribution < -0.4 is 5.56 Å². The van der Waals surface area contributed by atoms with E-state index in [0.717, 1.165) is 21.7 Å². The van der Waals surface area contributed by atoms with E-state index in [1.165, 1.54) is 6.07 Å². The predicted molar refractivity (Wildman–Crippen MR) is 90.8 cm³/mol. The Labute approximate surface area is 139 Å². The third-order valence-corrected chi connectivity index (χ3v) is 4.09. The number of H-pyrrole nitrogens is 1. The molecule has 0 saturated heterocycles. The first-order chi connectivity index (χ1) is 10.9. The van der Waals surface area contributed by atoms with Gasteiger partial charge < -0.3 is 4.98 Å². The summed E-state index contributed by atoms with van der Waals surface area (Å²) in [5, 5.41) is 5.12. The number of aryl methyl sites for hydroxylation is 2. The van der Waals surface area contributed by atoms with Crippen molar-refractivity contribution in [3.8, 4) is 11.3 Å². The molecule has 1 atom stereocenters. The number of aromatic amines is 1. The molecule has 2 aromatic heterocycles. The normalized spacial score (nSPS) is 12.3. The molecule has 0 saturated carbocycles. The Balaban J connectivity index is 1.96.